The van der Waals surface area contributed by atoms with Gasteiger partial charge in [-0.3, -0.25) is 4.79 Å². The molecule has 0 aliphatic carbocycles. The number of aromatic nitrogens is 2. The summed E-state index contributed by atoms with van der Waals surface area (Å²) in [6.07, 6.45) is 0. The molecule has 1 aromatic carbocycles. The molecule has 2 aromatic rings. The second-order valence-electron chi connectivity index (χ2n) is 3.67. The van der Waals surface area contributed by atoms with Crippen LogP contribution in [0.2, 0.25) is 0 Å². The number of benzene rings is 1. The molecule has 6 heteroatoms. The molecular weight excluding hydrogens is 248 g/mol. The number of nitrogens with one attached hydrogen (secondary N) is 2. The third kappa shape index (κ3) is 3.35. The molecule has 0 saturated carbocycles. The van der Waals surface area contributed by atoms with Crippen LogP contribution in [0.4, 0.5) is 0 Å². The topological polar surface area (TPSA) is 66.9 Å². The summed E-state index contributed by atoms with van der Waals surface area (Å²) in [5.41, 5.74) is 1.04. The zero-order valence-corrected chi connectivity index (χ0v) is 10.8. The molecule has 0 bridgehead atoms. The maximum absolute atomic E-state index is 11.3. The van der Waals surface area contributed by atoms with Gasteiger partial charge in [0.2, 0.25) is 5.91 Å². The minimum Gasteiger partial charge on any atom is -0.348 e. The van der Waals surface area contributed by atoms with Crippen LogP contribution in [0.15, 0.2) is 30.3 Å². The van der Waals surface area contributed by atoms with E-state index in [4.69, 9.17) is 0 Å². The van der Waals surface area contributed by atoms with E-state index in [-0.39, 0.29) is 5.91 Å². The van der Waals surface area contributed by atoms with Gasteiger partial charge in [-0.05, 0) is 7.05 Å². The summed E-state index contributed by atoms with van der Waals surface area (Å²) in [6, 6.07) is 9.87. The van der Waals surface area contributed by atoms with E-state index in [0.29, 0.717) is 13.1 Å². The van der Waals surface area contributed by atoms with E-state index >= 15 is 0 Å². The van der Waals surface area contributed by atoms with Gasteiger partial charge in [0.25, 0.3) is 0 Å². The van der Waals surface area contributed by atoms with Gasteiger partial charge < -0.3 is 10.6 Å². The van der Waals surface area contributed by atoms with Crippen LogP contribution in [0.25, 0.3) is 10.6 Å². The van der Waals surface area contributed by atoms with Crippen LogP contribution >= 0.6 is 11.3 Å². The number of hydrogen-bond acceptors (Lipinski definition) is 5. The Morgan fingerprint density at radius 2 is 2.06 bits per heavy atom. The molecule has 1 aromatic heterocycles. The lowest BCUT2D eigenvalue weighted by molar-refractivity contribution is -0.120. The first-order valence-corrected chi connectivity index (χ1v) is 6.40. The van der Waals surface area contributed by atoms with Crippen LogP contribution in [0.5, 0.6) is 0 Å². The first kappa shape index (κ1) is 12.7. The Bertz CT molecular complexity index is 512. The fraction of sp³-hybridized carbons (Fsp3) is 0.250. The van der Waals surface area contributed by atoms with Gasteiger partial charge in [0.1, 0.15) is 10.0 Å². The number of rotatable bonds is 5. The van der Waals surface area contributed by atoms with E-state index in [9.17, 15) is 4.79 Å². The fourth-order valence-electron chi connectivity index (χ4n) is 1.42. The van der Waals surface area contributed by atoms with Crippen molar-refractivity contribution in [3.8, 4) is 10.6 Å². The van der Waals surface area contributed by atoms with Crippen LogP contribution in [0.1, 0.15) is 5.01 Å². The normalized spacial score (nSPS) is 10.3. The summed E-state index contributed by atoms with van der Waals surface area (Å²) in [6.45, 7) is 0.732. The van der Waals surface area contributed by atoms with Crippen molar-refractivity contribution in [2.45, 2.75) is 6.54 Å². The zero-order chi connectivity index (χ0) is 12.8. The van der Waals surface area contributed by atoms with E-state index in [1.54, 1.807) is 7.05 Å². The second kappa shape index (κ2) is 6.23. The Kier molecular flexibility index (Phi) is 4.38. The fourth-order valence-corrected chi connectivity index (χ4v) is 2.20. The first-order chi connectivity index (χ1) is 8.79. The maximum Gasteiger partial charge on any atom is 0.234 e. The van der Waals surface area contributed by atoms with Crippen molar-refractivity contribution < 1.29 is 4.79 Å². The standard InChI is InChI=1S/C12H14N4OS/c1-13-7-10(17)14-8-11-15-16-12(18-11)9-5-3-2-4-6-9/h2-6,13H,7-8H2,1H3,(H,14,17). The molecule has 2 N–H and O–H groups in total. The quantitative estimate of drug-likeness (QED) is 0.845. The van der Waals surface area contributed by atoms with E-state index in [1.807, 2.05) is 30.3 Å². The zero-order valence-electron chi connectivity index (χ0n) is 10.0. The Morgan fingerprint density at radius 1 is 1.28 bits per heavy atom. The summed E-state index contributed by atoms with van der Waals surface area (Å²) in [4.78, 5) is 11.3. The second-order valence-corrected chi connectivity index (χ2v) is 4.74. The number of carbonyl (C=O) groups is 1. The van der Waals surface area contributed by atoms with E-state index in [1.165, 1.54) is 11.3 Å². The van der Waals surface area contributed by atoms with Crippen LogP contribution in [-0.4, -0.2) is 29.7 Å². The molecule has 2 rings (SSSR count). The predicted molar refractivity (Wildman–Crippen MR) is 71.1 cm³/mol. The molecule has 0 spiro atoms. The van der Waals surface area contributed by atoms with Crippen molar-refractivity contribution in [1.29, 1.82) is 0 Å². The smallest absolute Gasteiger partial charge is 0.234 e. The first-order valence-electron chi connectivity index (χ1n) is 5.58. The van der Waals surface area contributed by atoms with Crippen molar-refractivity contribution in [3.63, 3.8) is 0 Å². The molecule has 18 heavy (non-hydrogen) atoms. The number of likely N-dealkylation sites (N-methyl/N-ethyl adjacent to an activating group) is 1. The van der Waals surface area contributed by atoms with E-state index in [2.05, 4.69) is 20.8 Å². The lowest BCUT2D eigenvalue weighted by Crippen LogP contribution is -2.31. The Labute approximate surface area is 109 Å². The summed E-state index contributed by atoms with van der Waals surface area (Å²) < 4.78 is 0. The number of carbonyl (C=O) groups excluding carboxylic acids is 1. The molecule has 1 amide bonds. The highest BCUT2D eigenvalue weighted by molar-refractivity contribution is 7.14. The molecule has 0 fully saturated rings. The number of nitrogens with zero attached hydrogens (tertiary/aromatic N) is 2. The van der Waals surface area contributed by atoms with Crippen molar-refractivity contribution >= 4 is 17.2 Å². The lowest BCUT2D eigenvalue weighted by atomic mass is 10.2. The van der Waals surface area contributed by atoms with Gasteiger partial charge in [0.15, 0.2) is 0 Å². The van der Waals surface area contributed by atoms with Crippen molar-refractivity contribution in [2.75, 3.05) is 13.6 Å². The molecule has 0 atom stereocenters. The highest BCUT2D eigenvalue weighted by Crippen LogP contribution is 2.22. The minimum absolute atomic E-state index is 0.0473. The van der Waals surface area contributed by atoms with Crippen LogP contribution < -0.4 is 10.6 Å². The van der Waals surface area contributed by atoms with Gasteiger partial charge in [-0.25, -0.2) is 0 Å². The Morgan fingerprint density at radius 3 is 2.78 bits per heavy atom. The molecule has 94 valence electrons. The van der Waals surface area contributed by atoms with Gasteiger partial charge in [-0.1, -0.05) is 41.7 Å². The lowest BCUT2D eigenvalue weighted by Gasteiger charge is -2.00. The molecule has 5 nitrogen and oxygen atoms in total. The summed E-state index contributed by atoms with van der Waals surface area (Å²) >= 11 is 1.49. The molecule has 1 heterocycles. The molecule has 0 saturated heterocycles. The van der Waals surface area contributed by atoms with Crippen molar-refractivity contribution in [3.05, 3.63) is 35.3 Å². The molecule has 0 aliphatic heterocycles. The van der Waals surface area contributed by atoms with Gasteiger partial charge in [-0.15, -0.1) is 10.2 Å². The highest BCUT2D eigenvalue weighted by Gasteiger charge is 2.07. The number of amides is 1. The van der Waals surface area contributed by atoms with Crippen LogP contribution in [-0.2, 0) is 11.3 Å². The van der Waals surface area contributed by atoms with E-state index in [0.717, 1.165) is 15.6 Å². The third-order valence-electron chi connectivity index (χ3n) is 2.26. The third-order valence-corrected chi connectivity index (χ3v) is 3.23. The number of hydrogen-bond donors (Lipinski definition) is 2. The van der Waals surface area contributed by atoms with Gasteiger partial charge in [0.05, 0.1) is 13.1 Å². The summed E-state index contributed by atoms with van der Waals surface area (Å²) in [7, 11) is 1.73. The maximum atomic E-state index is 11.3. The van der Waals surface area contributed by atoms with Gasteiger partial charge in [0, 0.05) is 5.56 Å². The van der Waals surface area contributed by atoms with Gasteiger partial charge >= 0.3 is 0 Å². The van der Waals surface area contributed by atoms with E-state index < -0.39 is 0 Å². The summed E-state index contributed by atoms with van der Waals surface area (Å²) in [5, 5.41) is 15.4. The highest BCUT2D eigenvalue weighted by atomic mass is 32.1. The van der Waals surface area contributed by atoms with Crippen LogP contribution in [0, 0.1) is 0 Å². The average Bonchev–Trinajstić information content (AvgIpc) is 2.87. The summed E-state index contributed by atoms with van der Waals surface area (Å²) in [5.74, 6) is -0.0473. The Hall–Kier alpha value is -1.79. The molecule has 0 unspecified atom stereocenters. The molecular formula is C12H14N4OS. The SMILES string of the molecule is CNCC(=O)NCc1nnc(-c2ccccc2)s1. The predicted octanol–water partition coefficient (Wildman–Crippen LogP) is 1.04. The monoisotopic (exact) mass is 262 g/mol. The van der Waals surface area contributed by atoms with Crippen molar-refractivity contribution in [1.82, 2.24) is 20.8 Å². The van der Waals surface area contributed by atoms with Gasteiger partial charge in [-0.2, -0.15) is 0 Å². The Balaban J connectivity index is 1.97. The van der Waals surface area contributed by atoms with Crippen LogP contribution in [0.3, 0.4) is 0 Å². The van der Waals surface area contributed by atoms with Crippen molar-refractivity contribution in [2.24, 2.45) is 0 Å². The largest absolute Gasteiger partial charge is 0.348 e. The minimum atomic E-state index is -0.0473. The molecule has 0 radical (unpaired) electrons. The average molecular weight is 262 g/mol. The molecule has 0 aliphatic rings.